The first-order valence-electron chi connectivity index (χ1n) is 8.62. The number of thiocarbonyl (C=S) groups is 1. The van der Waals surface area contributed by atoms with E-state index < -0.39 is 0 Å². The highest BCUT2D eigenvalue weighted by Gasteiger charge is 2.12. The molecule has 1 aromatic rings. The fourth-order valence-corrected chi connectivity index (χ4v) is 3.00. The zero-order valence-corrected chi connectivity index (χ0v) is 14.9. The van der Waals surface area contributed by atoms with Crippen LogP contribution in [0.25, 0.3) is 0 Å². The summed E-state index contributed by atoms with van der Waals surface area (Å²) in [5, 5.41) is 0.495. The van der Waals surface area contributed by atoms with E-state index in [9.17, 15) is 0 Å². The molecular weight excluding hydrogens is 308 g/mol. The number of hydrogen-bond acceptors (Lipinski definition) is 5. The predicted octanol–water partition coefficient (Wildman–Crippen LogP) is 3.63. The van der Waals surface area contributed by atoms with Gasteiger partial charge in [0.05, 0.1) is 18.8 Å². The van der Waals surface area contributed by atoms with Crippen LogP contribution in [-0.2, 0) is 4.74 Å². The molecule has 4 nitrogen and oxygen atoms in total. The smallest absolute Gasteiger partial charge is 0.194 e. The molecule has 0 spiro atoms. The molecule has 0 bridgehead atoms. The van der Waals surface area contributed by atoms with Gasteiger partial charge in [0.25, 0.3) is 0 Å². The molecule has 1 aromatic carbocycles. The SMILES string of the molecule is CCCOc1cc(N)ccc1C(=S)OCCCN1CCCCC1. The molecule has 1 fully saturated rings. The van der Waals surface area contributed by atoms with Crippen LogP contribution in [0.15, 0.2) is 18.2 Å². The highest BCUT2D eigenvalue weighted by molar-refractivity contribution is 7.80. The van der Waals surface area contributed by atoms with Crippen molar-refractivity contribution in [2.45, 2.75) is 39.0 Å². The summed E-state index contributed by atoms with van der Waals surface area (Å²) in [7, 11) is 0. The summed E-state index contributed by atoms with van der Waals surface area (Å²) in [5.41, 5.74) is 7.33. The van der Waals surface area contributed by atoms with E-state index in [2.05, 4.69) is 11.8 Å². The van der Waals surface area contributed by atoms with Crippen molar-refractivity contribution in [2.75, 3.05) is 38.6 Å². The van der Waals surface area contributed by atoms with Crippen LogP contribution in [0.5, 0.6) is 5.75 Å². The first-order chi connectivity index (χ1) is 11.2. The van der Waals surface area contributed by atoms with E-state index in [1.165, 1.54) is 32.4 Å². The van der Waals surface area contributed by atoms with Gasteiger partial charge in [0.15, 0.2) is 5.05 Å². The minimum absolute atomic E-state index is 0.495. The number of nitrogen functional groups attached to an aromatic ring is 1. The molecule has 1 saturated heterocycles. The third-order valence-electron chi connectivity index (χ3n) is 3.99. The van der Waals surface area contributed by atoms with Crippen LogP contribution in [0.4, 0.5) is 5.69 Å². The quantitative estimate of drug-likeness (QED) is 0.446. The Balaban J connectivity index is 1.80. The average molecular weight is 337 g/mol. The summed E-state index contributed by atoms with van der Waals surface area (Å²) in [6.07, 6.45) is 5.96. The lowest BCUT2D eigenvalue weighted by atomic mass is 10.1. The largest absolute Gasteiger partial charge is 0.493 e. The van der Waals surface area contributed by atoms with Crippen LogP contribution in [-0.4, -0.2) is 42.8 Å². The van der Waals surface area contributed by atoms with E-state index in [-0.39, 0.29) is 0 Å². The first-order valence-corrected chi connectivity index (χ1v) is 9.03. The van der Waals surface area contributed by atoms with E-state index in [1.54, 1.807) is 0 Å². The number of hydrogen-bond donors (Lipinski definition) is 1. The van der Waals surface area contributed by atoms with Gasteiger partial charge in [-0.3, -0.25) is 0 Å². The first kappa shape index (κ1) is 18.0. The Morgan fingerprint density at radius 1 is 1.22 bits per heavy atom. The monoisotopic (exact) mass is 336 g/mol. The molecule has 0 radical (unpaired) electrons. The van der Waals surface area contributed by atoms with Crippen LogP contribution in [0.2, 0.25) is 0 Å². The third kappa shape index (κ3) is 5.99. The number of likely N-dealkylation sites (tertiary alicyclic amines) is 1. The lowest BCUT2D eigenvalue weighted by molar-refractivity contribution is 0.203. The molecule has 0 aliphatic carbocycles. The van der Waals surface area contributed by atoms with Crippen molar-refractivity contribution in [3.63, 3.8) is 0 Å². The zero-order chi connectivity index (χ0) is 16.5. The maximum absolute atomic E-state index is 5.83. The van der Waals surface area contributed by atoms with Crippen molar-refractivity contribution in [2.24, 2.45) is 0 Å². The van der Waals surface area contributed by atoms with E-state index >= 15 is 0 Å². The van der Waals surface area contributed by atoms with Crippen LogP contribution in [0, 0.1) is 0 Å². The molecule has 128 valence electrons. The molecule has 0 aromatic heterocycles. The Morgan fingerprint density at radius 3 is 2.74 bits per heavy atom. The van der Waals surface area contributed by atoms with Gasteiger partial charge in [-0.25, -0.2) is 0 Å². The van der Waals surface area contributed by atoms with Gasteiger partial charge in [-0.2, -0.15) is 0 Å². The number of ether oxygens (including phenoxy) is 2. The van der Waals surface area contributed by atoms with Crippen molar-refractivity contribution in [1.82, 2.24) is 4.90 Å². The third-order valence-corrected chi connectivity index (χ3v) is 4.33. The van der Waals surface area contributed by atoms with Crippen LogP contribution in [0.1, 0.15) is 44.6 Å². The molecule has 0 unspecified atom stereocenters. The standard InChI is InChI=1S/C18H28N2O2S/c1-2-12-21-17-14-15(19)7-8-16(17)18(23)22-13-6-11-20-9-4-3-5-10-20/h7-8,14H,2-6,9-13,19H2,1H3. The van der Waals surface area contributed by atoms with Gasteiger partial charge in [0.1, 0.15) is 5.75 Å². The predicted molar refractivity (Wildman–Crippen MR) is 99.2 cm³/mol. The molecule has 2 N–H and O–H groups in total. The second kappa shape index (κ2) is 9.73. The number of benzene rings is 1. The molecule has 1 heterocycles. The Morgan fingerprint density at radius 2 is 2.00 bits per heavy atom. The normalized spacial score (nSPS) is 15.3. The Kier molecular flexibility index (Phi) is 7.62. The molecule has 0 amide bonds. The number of rotatable bonds is 8. The molecular formula is C18H28N2O2S. The Labute approximate surface area is 144 Å². The maximum Gasteiger partial charge on any atom is 0.194 e. The molecule has 23 heavy (non-hydrogen) atoms. The summed E-state index contributed by atoms with van der Waals surface area (Å²) in [6.45, 7) is 6.89. The van der Waals surface area contributed by atoms with Crippen molar-refractivity contribution in [1.29, 1.82) is 0 Å². The number of anilines is 1. The molecule has 0 atom stereocenters. The summed E-state index contributed by atoms with van der Waals surface area (Å²) >= 11 is 5.41. The van der Waals surface area contributed by atoms with Gasteiger partial charge < -0.3 is 20.1 Å². The minimum Gasteiger partial charge on any atom is -0.493 e. The highest BCUT2D eigenvalue weighted by Crippen LogP contribution is 2.23. The van der Waals surface area contributed by atoms with Crippen LogP contribution >= 0.6 is 12.2 Å². The second-order valence-corrected chi connectivity index (χ2v) is 6.37. The second-order valence-electron chi connectivity index (χ2n) is 6.00. The fourth-order valence-electron chi connectivity index (χ4n) is 2.75. The van der Waals surface area contributed by atoms with Gasteiger partial charge in [-0.05, 0) is 63.1 Å². The van der Waals surface area contributed by atoms with Crippen molar-refractivity contribution in [3.05, 3.63) is 23.8 Å². The molecule has 5 heteroatoms. The molecule has 1 aliphatic rings. The average Bonchev–Trinajstić information content (AvgIpc) is 2.57. The van der Waals surface area contributed by atoms with E-state index in [1.807, 2.05) is 18.2 Å². The summed E-state index contributed by atoms with van der Waals surface area (Å²) in [4.78, 5) is 2.51. The molecule has 1 aliphatic heterocycles. The van der Waals surface area contributed by atoms with E-state index in [0.717, 1.165) is 24.9 Å². The fraction of sp³-hybridized carbons (Fsp3) is 0.611. The van der Waals surface area contributed by atoms with Crippen LogP contribution < -0.4 is 10.5 Å². The summed E-state index contributed by atoms with van der Waals surface area (Å²) in [6, 6.07) is 5.53. The van der Waals surface area contributed by atoms with Gasteiger partial charge in [0.2, 0.25) is 0 Å². The topological polar surface area (TPSA) is 47.7 Å². The molecule has 2 rings (SSSR count). The lowest BCUT2D eigenvalue weighted by Gasteiger charge is -2.26. The van der Waals surface area contributed by atoms with Crippen molar-refractivity contribution in [3.8, 4) is 5.75 Å². The van der Waals surface area contributed by atoms with Crippen molar-refractivity contribution < 1.29 is 9.47 Å². The zero-order valence-electron chi connectivity index (χ0n) is 14.1. The minimum atomic E-state index is 0.495. The number of piperidine rings is 1. The molecule has 0 saturated carbocycles. The van der Waals surface area contributed by atoms with Gasteiger partial charge in [0, 0.05) is 18.3 Å². The maximum atomic E-state index is 5.83. The number of nitrogens with two attached hydrogens (primary N) is 1. The van der Waals surface area contributed by atoms with E-state index in [0.29, 0.717) is 29.7 Å². The Bertz CT molecular complexity index is 502. The van der Waals surface area contributed by atoms with Gasteiger partial charge >= 0.3 is 0 Å². The van der Waals surface area contributed by atoms with E-state index in [4.69, 9.17) is 27.4 Å². The van der Waals surface area contributed by atoms with Crippen LogP contribution in [0.3, 0.4) is 0 Å². The highest BCUT2D eigenvalue weighted by atomic mass is 32.1. The summed E-state index contributed by atoms with van der Waals surface area (Å²) in [5.74, 6) is 0.716. The Hall–Kier alpha value is -1.33. The summed E-state index contributed by atoms with van der Waals surface area (Å²) < 4.78 is 11.5. The van der Waals surface area contributed by atoms with Crippen molar-refractivity contribution >= 4 is 23.0 Å². The lowest BCUT2D eigenvalue weighted by Crippen LogP contribution is -2.31. The number of nitrogens with zero attached hydrogens (tertiary/aromatic N) is 1. The van der Waals surface area contributed by atoms with Gasteiger partial charge in [-0.15, -0.1) is 0 Å². The van der Waals surface area contributed by atoms with Gasteiger partial charge in [-0.1, -0.05) is 13.3 Å².